The third-order valence-electron chi connectivity index (χ3n) is 9.50. The van der Waals surface area contributed by atoms with Crippen molar-refractivity contribution >= 4 is 39.4 Å². The number of nitrogens with zero attached hydrogens (tertiary/aromatic N) is 3. The maximum absolute atomic E-state index is 13.3. The Balaban J connectivity index is 1.19. The van der Waals surface area contributed by atoms with E-state index in [1.54, 1.807) is 19.9 Å². The molecule has 3 fully saturated rings. The van der Waals surface area contributed by atoms with Gasteiger partial charge in [0.25, 0.3) is 11.8 Å². The van der Waals surface area contributed by atoms with Crippen molar-refractivity contribution in [2.24, 2.45) is 16.8 Å². The summed E-state index contributed by atoms with van der Waals surface area (Å²) in [6.45, 7) is 8.03. The van der Waals surface area contributed by atoms with Gasteiger partial charge in [-0.1, -0.05) is 19.4 Å². The molecule has 0 atom stereocenters. The summed E-state index contributed by atoms with van der Waals surface area (Å²) >= 11 is 0. The Labute approximate surface area is 237 Å². The molecule has 0 radical (unpaired) electrons. The van der Waals surface area contributed by atoms with E-state index in [4.69, 9.17) is 4.99 Å². The van der Waals surface area contributed by atoms with Gasteiger partial charge in [0.1, 0.15) is 16.9 Å². The minimum absolute atomic E-state index is 0.0459. The highest BCUT2D eigenvalue weighted by atomic mass is 32.2. The van der Waals surface area contributed by atoms with Crippen molar-refractivity contribution in [3.63, 3.8) is 0 Å². The lowest BCUT2D eigenvalue weighted by Crippen LogP contribution is -2.51. The summed E-state index contributed by atoms with van der Waals surface area (Å²) in [5, 5.41) is 5.40. The van der Waals surface area contributed by atoms with Gasteiger partial charge in [0, 0.05) is 24.7 Å². The second-order valence-electron chi connectivity index (χ2n) is 12.3. The number of rotatable bonds is 7. The molecular formula is C29H41N5O5S. The summed E-state index contributed by atoms with van der Waals surface area (Å²) in [7, 11) is -3.53. The number of aryl methyl sites for hydroxylation is 2. The third-order valence-corrected chi connectivity index (χ3v) is 11.4. The van der Waals surface area contributed by atoms with Gasteiger partial charge in [0.2, 0.25) is 10.0 Å². The van der Waals surface area contributed by atoms with E-state index in [1.165, 1.54) is 28.5 Å². The number of benzene rings is 1. The van der Waals surface area contributed by atoms with Gasteiger partial charge >= 0.3 is 6.03 Å². The minimum atomic E-state index is -3.53. The van der Waals surface area contributed by atoms with Crippen LogP contribution in [0.5, 0.6) is 0 Å². The fraction of sp³-hybridized carbons (Fsp3) is 0.655. The summed E-state index contributed by atoms with van der Waals surface area (Å²) in [6.07, 6.45) is 6.75. The van der Waals surface area contributed by atoms with Crippen LogP contribution in [0.1, 0.15) is 76.8 Å². The number of sulfonamides is 1. The van der Waals surface area contributed by atoms with Crippen LogP contribution in [0.25, 0.3) is 0 Å². The first-order valence-corrected chi connectivity index (χ1v) is 16.1. The molecule has 3 heterocycles. The van der Waals surface area contributed by atoms with Crippen LogP contribution in [0, 0.1) is 18.8 Å². The van der Waals surface area contributed by atoms with Gasteiger partial charge in [-0.2, -0.15) is 0 Å². The maximum Gasteiger partial charge on any atom is 0.329 e. The van der Waals surface area contributed by atoms with Crippen LogP contribution in [0.3, 0.4) is 0 Å². The topological polar surface area (TPSA) is 128 Å². The average molecular weight is 572 g/mol. The Morgan fingerprint density at radius 3 is 2.25 bits per heavy atom. The number of anilines is 1. The number of nitrogens with one attached hydrogen (secondary N) is 2. The van der Waals surface area contributed by atoms with Gasteiger partial charge < -0.3 is 5.32 Å². The number of urea groups is 1. The smallest absolute Gasteiger partial charge is 0.312 e. The molecule has 0 bridgehead atoms. The Morgan fingerprint density at radius 2 is 1.68 bits per heavy atom. The number of hydrogen-bond acceptors (Lipinski definition) is 6. The van der Waals surface area contributed by atoms with E-state index < -0.39 is 27.1 Å². The van der Waals surface area contributed by atoms with E-state index >= 15 is 0 Å². The summed E-state index contributed by atoms with van der Waals surface area (Å²) in [6, 6.07) is 4.92. The molecule has 2 N–H and O–H groups in total. The van der Waals surface area contributed by atoms with Crippen LogP contribution in [0.2, 0.25) is 0 Å². The molecule has 1 saturated carbocycles. The molecule has 4 aliphatic rings. The first-order valence-electron chi connectivity index (χ1n) is 14.5. The normalized spacial score (nSPS) is 26.6. The molecule has 40 heavy (non-hydrogen) atoms. The van der Waals surface area contributed by atoms with Crippen molar-refractivity contribution in [1.82, 2.24) is 14.9 Å². The predicted molar refractivity (Wildman–Crippen MR) is 154 cm³/mol. The van der Waals surface area contributed by atoms with Crippen molar-refractivity contribution in [3.05, 3.63) is 29.3 Å². The fourth-order valence-electron chi connectivity index (χ4n) is 6.62. The number of carbonyl (C=O) groups excluding carboxylic acids is 3. The number of piperidine rings is 1. The van der Waals surface area contributed by atoms with Gasteiger partial charge in [-0.3, -0.25) is 24.8 Å². The molecule has 1 aliphatic carbocycles. The summed E-state index contributed by atoms with van der Waals surface area (Å²) in [4.78, 5) is 43.8. The van der Waals surface area contributed by atoms with E-state index in [0.717, 1.165) is 35.7 Å². The molecule has 3 aliphatic heterocycles. The van der Waals surface area contributed by atoms with E-state index in [2.05, 4.69) is 17.6 Å². The lowest BCUT2D eigenvalue weighted by atomic mass is 9.80. The van der Waals surface area contributed by atoms with Gasteiger partial charge in [-0.25, -0.2) is 17.5 Å². The van der Waals surface area contributed by atoms with E-state index in [0.29, 0.717) is 30.9 Å². The monoisotopic (exact) mass is 571 g/mol. The maximum atomic E-state index is 13.3. The highest BCUT2D eigenvalue weighted by Crippen LogP contribution is 2.37. The Bertz CT molecular complexity index is 1340. The molecule has 0 unspecified atom stereocenters. The summed E-state index contributed by atoms with van der Waals surface area (Å²) in [5.41, 5.74) is 0.464. The molecule has 218 valence electrons. The van der Waals surface area contributed by atoms with Crippen molar-refractivity contribution in [3.8, 4) is 0 Å². The summed E-state index contributed by atoms with van der Waals surface area (Å²) < 4.78 is 28.0. The molecule has 1 aromatic carbocycles. The van der Waals surface area contributed by atoms with Crippen LogP contribution in [0.4, 0.5) is 10.5 Å². The van der Waals surface area contributed by atoms with Crippen LogP contribution in [-0.2, 0) is 26.0 Å². The summed E-state index contributed by atoms with van der Waals surface area (Å²) in [5.74, 6) is 1.40. The highest BCUT2D eigenvalue weighted by Gasteiger charge is 2.49. The zero-order valence-corrected chi connectivity index (χ0v) is 24.8. The van der Waals surface area contributed by atoms with Gasteiger partial charge in [-0.05, 0) is 94.9 Å². The van der Waals surface area contributed by atoms with Crippen molar-refractivity contribution in [2.45, 2.75) is 90.1 Å². The molecule has 2 saturated heterocycles. The molecule has 11 heteroatoms. The number of carbonyl (C=O) groups is 3. The van der Waals surface area contributed by atoms with Crippen molar-refractivity contribution in [1.29, 1.82) is 0 Å². The second-order valence-corrected chi connectivity index (χ2v) is 14.4. The molecule has 5 rings (SSSR count). The predicted octanol–water partition coefficient (Wildman–Crippen LogP) is 3.28. The number of amidine groups is 1. The second kappa shape index (κ2) is 10.6. The highest BCUT2D eigenvalue weighted by molar-refractivity contribution is 7.89. The first kappa shape index (κ1) is 28.7. The van der Waals surface area contributed by atoms with E-state index in [1.807, 2.05) is 19.1 Å². The lowest BCUT2D eigenvalue weighted by Gasteiger charge is -2.34. The number of imide groups is 1. The quantitative estimate of drug-likeness (QED) is 0.486. The first-order chi connectivity index (χ1) is 18.9. The Hall–Kier alpha value is -2.79. The molecule has 1 aromatic rings. The van der Waals surface area contributed by atoms with Gasteiger partial charge in [-0.15, -0.1) is 0 Å². The Kier molecular flexibility index (Phi) is 7.58. The van der Waals surface area contributed by atoms with Crippen LogP contribution in [-0.4, -0.2) is 66.3 Å². The molecule has 1 spiro atoms. The SMILES string of the molecule is CC[C@H]1CC[C@H](C2=NC3(CCN(S(=O)(=O)CCc4ccc(N5C(=O)NC(=O)C5(C)C)cc4C)CC3)C(=O)N2)CC1. The zero-order chi connectivity index (χ0) is 28.9. The van der Waals surface area contributed by atoms with Crippen LogP contribution >= 0.6 is 0 Å². The fourth-order valence-corrected chi connectivity index (χ4v) is 8.10. The van der Waals surface area contributed by atoms with E-state index in [9.17, 15) is 22.8 Å². The molecule has 0 aromatic heterocycles. The van der Waals surface area contributed by atoms with Crippen molar-refractivity contribution < 1.29 is 22.8 Å². The number of hydrogen-bond donors (Lipinski definition) is 2. The van der Waals surface area contributed by atoms with Crippen molar-refractivity contribution in [2.75, 3.05) is 23.7 Å². The number of amides is 4. The third kappa shape index (κ3) is 5.18. The average Bonchev–Trinajstić information content (AvgIpc) is 3.33. The molecular weight excluding hydrogens is 530 g/mol. The van der Waals surface area contributed by atoms with Gasteiger partial charge in [0.15, 0.2) is 0 Å². The largest absolute Gasteiger partial charge is 0.329 e. The Morgan fingerprint density at radius 1 is 1.00 bits per heavy atom. The minimum Gasteiger partial charge on any atom is -0.312 e. The number of aliphatic imine (C=N–C) groups is 1. The standard InChI is InChI=1S/C29H41N5O5S/c1-5-20-6-8-22(9-7-20)24-30-26(36)29(32-24)13-15-33(16-14-29)40(38,39)17-12-21-10-11-23(18-19(21)2)34-27(37)31-25(35)28(34,3)4/h10-11,18,20,22H,5-9,12-17H2,1-4H3,(H,30,32,36)(H,31,35,37)/t20-,22-. The van der Waals surface area contributed by atoms with Gasteiger partial charge in [0.05, 0.1) is 5.75 Å². The molecule has 4 amide bonds. The van der Waals surface area contributed by atoms with E-state index in [-0.39, 0.29) is 30.7 Å². The molecule has 10 nitrogen and oxygen atoms in total. The van der Waals surface area contributed by atoms with Crippen LogP contribution < -0.4 is 15.5 Å². The van der Waals surface area contributed by atoms with Crippen LogP contribution in [0.15, 0.2) is 23.2 Å². The lowest BCUT2D eigenvalue weighted by molar-refractivity contribution is -0.125. The zero-order valence-electron chi connectivity index (χ0n) is 24.0.